The Kier molecular flexibility index (Phi) is 6.81. The molecular formula is C31H32NOP. The normalized spacial score (nSPS) is 24.2. The van der Waals surface area contributed by atoms with Crippen LogP contribution in [0.3, 0.4) is 0 Å². The molecule has 4 aromatic carbocycles. The fourth-order valence-electron chi connectivity index (χ4n) is 5.79. The number of hydrogen-bond donors (Lipinski definition) is 1. The molecule has 2 nitrogen and oxygen atoms in total. The third-order valence-corrected chi connectivity index (χ3v) is 11.9. The Morgan fingerprint density at radius 3 is 1.94 bits per heavy atom. The summed E-state index contributed by atoms with van der Waals surface area (Å²) in [5.74, 6) is 0. The van der Waals surface area contributed by atoms with Crippen LogP contribution in [0, 0.1) is 0 Å². The molecule has 1 aliphatic heterocycles. The quantitative estimate of drug-likeness (QED) is 0.219. The van der Waals surface area contributed by atoms with Gasteiger partial charge in [-0.05, 0) is 42.5 Å². The zero-order valence-corrected chi connectivity index (χ0v) is 20.4. The minimum absolute atomic E-state index is 0.0328. The lowest BCUT2D eigenvalue weighted by Crippen LogP contribution is -2.32. The molecule has 5 rings (SSSR count). The second-order valence-electron chi connectivity index (χ2n) is 9.27. The van der Waals surface area contributed by atoms with Crippen LogP contribution in [0.2, 0.25) is 0 Å². The smallest absolute Gasteiger partial charge is 0.132 e. The molecule has 1 aliphatic rings. The van der Waals surface area contributed by atoms with Gasteiger partial charge in [0.2, 0.25) is 0 Å². The van der Waals surface area contributed by atoms with Crippen molar-refractivity contribution in [2.24, 2.45) is 0 Å². The van der Waals surface area contributed by atoms with Crippen molar-refractivity contribution in [3.8, 4) is 0 Å². The Morgan fingerprint density at radius 1 is 0.735 bits per heavy atom. The fourth-order valence-corrected chi connectivity index (χ4v) is 10.4. The number of rotatable bonds is 8. The number of nitrogens with one attached hydrogen (secondary N) is 1. The molecule has 1 unspecified atom stereocenters. The lowest BCUT2D eigenvalue weighted by atomic mass is 9.89. The summed E-state index contributed by atoms with van der Waals surface area (Å²) in [7, 11) is -2.87. The summed E-state index contributed by atoms with van der Waals surface area (Å²) in [4.78, 5) is 0. The van der Waals surface area contributed by atoms with Gasteiger partial charge in [-0.3, -0.25) is 0 Å². The van der Waals surface area contributed by atoms with Crippen LogP contribution in [-0.2, 0) is 16.3 Å². The summed E-state index contributed by atoms with van der Waals surface area (Å²) in [5, 5.41) is 4.26. The topological polar surface area (TPSA) is 29.1 Å². The second-order valence-corrected chi connectivity index (χ2v) is 12.6. The van der Waals surface area contributed by atoms with Crippen molar-refractivity contribution in [2.45, 2.75) is 36.6 Å². The highest BCUT2D eigenvalue weighted by molar-refractivity contribution is 7.73. The molecule has 34 heavy (non-hydrogen) atoms. The first-order valence-electron chi connectivity index (χ1n) is 12.2. The SMILES string of the molecule is O=P1(c2ccccc2)[C@H](c2ccccc2)CC[C@]1(CCNCc1ccccc1)c1ccccc1. The van der Waals surface area contributed by atoms with E-state index in [1.165, 1.54) is 16.7 Å². The maximum absolute atomic E-state index is 15.6. The van der Waals surface area contributed by atoms with Crippen LogP contribution >= 0.6 is 7.14 Å². The molecule has 0 radical (unpaired) electrons. The minimum atomic E-state index is -2.87. The summed E-state index contributed by atoms with van der Waals surface area (Å²) in [5.41, 5.74) is 3.72. The van der Waals surface area contributed by atoms with Crippen LogP contribution in [0.5, 0.6) is 0 Å². The van der Waals surface area contributed by atoms with E-state index >= 15 is 4.57 Å². The van der Waals surface area contributed by atoms with Gasteiger partial charge in [-0.25, -0.2) is 0 Å². The summed E-state index contributed by atoms with van der Waals surface area (Å²) >= 11 is 0. The standard InChI is InChI=1S/C31H32NOP/c33-34(29-19-11-4-12-20-29)30(27-15-7-2-8-16-27)21-22-31(34,28-17-9-3-10-18-28)23-24-32-25-26-13-5-1-6-14-26/h1-20,30,32H,21-25H2/t30-,31-,34?/m0/s1. The van der Waals surface area contributed by atoms with E-state index in [-0.39, 0.29) is 10.8 Å². The molecule has 0 aromatic heterocycles. The van der Waals surface area contributed by atoms with Crippen molar-refractivity contribution < 1.29 is 4.57 Å². The molecule has 1 fully saturated rings. The molecule has 0 bridgehead atoms. The van der Waals surface area contributed by atoms with Crippen LogP contribution in [0.4, 0.5) is 0 Å². The molecule has 0 aliphatic carbocycles. The van der Waals surface area contributed by atoms with Gasteiger partial charge in [0.1, 0.15) is 7.14 Å². The van der Waals surface area contributed by atoms with Crippen molar-refractivity contribution in [3.63, 3.8) is 0 Å². The molecule has 4 aromatic rings. The minimum Gasteiger partial charge on any atom is -0.317 e. The van der Waals surface area contributed by atoms with Crippen molar-refractivity contribution in [1.29, 1.82) is 0 Å². The van der Waals surface area contributed by atoms with Gasteiger partial charge in [-0.2, -0.15) is 0 Å². The Hall–Kier alpha value is -2.93. The van der Waals surface area contributed by atoms with E-state index in [2.05, 4.69) is 96.3 Å². The largest absolute Gasteiger partial charge is 0.317 e. The molecule has 3 atom stereocenters. The van der Waals surface area contributed by atoms with Crippen molar-refractivity contribution >= 4 is 12.4 Å². The molecule has 1 heterocycles. The molecule has 0 amide bonds. The fraction of sp³-hybridized carbons (Fsp3) is 0.226. The maximum atomic E-state index is 15.6. The molecular weight excluding hydrogens is 433 g/mol. The van der Waals surface area contributed by atoms with Gasteiger partial charge < -0.3 is 9.88 Å². The van der Waals surface area contributed by atoms with E-state index in [1.54, 1.807) is 0 Å². The summed E-state index contributed by atoms with van der Waals surface area (Å²) in [6, 6.07) is 42.0. The van der Waals surface area contributed by atoms with E-state index in [9.17, 15) is 0 Å². The molecule has 1 saturated heterocycles. The van der Waals surface area contributed by atoms with Crippen LogP contribution < -0.4 is 10.6 Å². The zero-order valence-electron chi connectivity index (χ0n) is 19.5. The van der Waals surface area contributed by atoms with Crippen LogP contribution in [-0.4, -0.2) is 6.54 Å². The highest BCUT2D eigenvalue weighted by Gasteiger charge is 2.58. The average Bonchev–Trinajstić information content (AvgIpc) is 3.22. The average molecular weight is 466 g/mol. The summed E-state index contributed by atoms with van der Waals surface area (Å²) in [6.07, 6.45) is 2.71. The lowest BCUT2D eigenvalue weighted by Gasteiger charge is -2.39. The second kappa shape index (κ2) is 10.1. The van der Waals surface area contributed by atoms with Gasteiger partial charge in [0.05, 0.1) is 5.16 Å². The van der Waals surface area contributed by atoms with Gasteiger partial charge in [-0.1, -0.05) is 121 Å². The third-order valence-electron chi connectivity index (χ3n) is 7.43. The molecule has 0 saturated carbocycles. The van der Waals surface area contributed by atoms with Gasteiger partial charge >= 0.3 is 0 Å². The number of benzene rings is 4. The van der Waals surface area contributed by atoms with E-state index in [4.69, 9.17) is 0 Å². The highest BCUT2D eigenvalue weighted by Crippen LogP contribution is 2.79. The highest BCUT2D eigenvalue weighted by atomic mass is 31.2. The number of hydrogen-bond acceptors (Lipinski definition) is 2. The van der Waals surface area contributed by atoms with Crippen molar-refractivity contribution in [2.75, 3.05) is 6.54 Å². The van der Waals surface area contributed by atoms with E-state index in [0.29, 0.717) is 0 Å². The Labute approximate surface area is 203 Å². The Balaban J connectivity index is 1.55. The molecule has 3 heteroatoms. The predicted octanol–water partition coefficient (Wildman–Crippen LogP) is 7.29. The first-order valence-corrected chi connectivity index (χ1v) is 14.0. The summed E-state index contributed by atoms with van der Waals surface area (Å²) < 4.78 is 15.6. The van der Waals surface area contributed by atoms with Crippen molar-refractivity contribution in [3.05, 3.63) is 138 Å². The Morgan fingerprint density at radius 2 is 1.29 bits per heavy atom. The predicted molar refractivity (Wildman–Crippen MR) is 143 cm³/mol. The first-order chi connectivity index (χ1) is 16.7. The van der Waals surface area contributed by atoms with Crippen LogP contribution in [0.25, 0.3) is 0 Å². The van der Waals surface area contributed by atoms with Gasteiger partial charge in [0, 0.05) is 17.5 Å². The lowest BCUT2D eigenvalue weighted by molar-refractivity contribution is 0.478. The van der Waals surface area contributed by atoms with Crippen molar-refractivity contribution in [1.82, 2.24) is 5.32 Å². The molecule has 172 valence electrons. The van der Waals surface area contributed by atoms with Crippen LogP contribution in [0.15, 0.2) is 121 Å². The van der Waals surface area contributed by atoms with E-state index < -0.39 is 7.14 Å². The zero-order chi connectivity index (χ0) is 23.3. The molecule has 0 spiro atoms. The van der Waals surface area contributed by atoms with Gasteiger partial charge in [-0.15, -0.1) is 0 Å². The van der Waals surface area contributed by atoms with Gasteiger partial charge in [0.25, 0.3) is 0 Å². The molecule has 1 N–H and O–H groups in total. The van der Waals surface area contributed by atoms with Gasteiger partial charge in [0.15, 0.2) is 0 Å². The van der Waals surface area contributed by atoms with E-state index in [1.807, 2.05) is 30.3 Å². The monoisotopic (exact) mass is 465 g/mol. The van der Waals surface area contributed by atoms with E-state index in [0.717, 1.165) is 37.7 Å². The first kappa shape index (κ1) is 22.8. The van der Waals surface area contributed by atoms with Crippen LogP contribution in [0.1, 0.15) is 41.6 Å². The maximum Gasteiger partial charge on any atom is 0.132 e. The Bertz CT molecular complexity index is 1230. The third kappa shape index (κ3) is 4.17. The summed E-state index contributed by atoms with van der Waals surface area (Å²) in [6.45, 7) is 1.64.